The van der Waals surface area contributed by atoms with E-state index in [4.69, 9.17) is 19.2 Å². The fourth-order valence-corrected chi connectivity index (χ4v) is 0. The summed E-state index contributed by atoms with van der Waals surface area (Å²) in [5.74, 6) is 0. The van der Waals surface area contributed by atoms with E-state index >= 15 is 0 Å². The summed E-state index contributed by atoms with van der Waals surface area (Å²) in [6.07, 6.45) is 0. The molecule has 0 amide bonds. The fraction of sp³-hybridized carbons (Fsp3) is 0. The van der Waals surface area contributed by atoms with Gasteiger partial charge in [-0.05, 0) is 0 Å². The first-order valence-corrected chi connectivity index (χ1v) is 2.35. The monoisotopic (exact) mass is 169 g/mol. The van der Waals surface area contributed by atoms with E-state index in [9.17, 15) is 0 Å². The molecule has 4 nitrogen and oxygen atoms in total. The quantitative estimate of drug-likeness (QED) is 0.248. The second-order valence-corrected chi connectivity index (χ2v) is 1.54. The van der Waals surface area contributed by atoms with Crippen LogP contribution >= 0.6 is 7.82 Å². The summed E-state index contributed by atoms with van der Waals surface area (Å²) < 4.78 is 8.88. The third-order valence-corrected chi connectivity index (χ3v) is 0. The van der Waals surface area contributed by atoms with Crippen molar-refractivity contribution in [2.75, 3.05) is 0 Å². The molecule has 0 aromatic carbocycles. The van der Waals surface area contributed by atoms with Crippen molar-refractivity contribution in [3.8, 4) is 0 Å². The Balaban J connectivity index is -0.00000000800. The average molecular weight is 169 g/mol. The molecule has 0 rings (SSSR count). The molecule has 3 N–H and O–H groups in total. The summed E-state index contributed by atoms with van der Waals surface area (Å²) >= 11 is 0. The maximum absolute atomic E-state index is 8.88. The number of hydrogen-bond donors (Lipinski definition) is 3. The van der Waals surface area contributed by atoms with E-state index in [1.54, 1.807) is 0 Å². The van der Waals surface area contributed by atoms with Gasteiger partial charge in [-0.1, -0.05) is 0 Å². The number of rotatable bonds is 0. The average Bonchev–Trinajstić information content (AvgIpc) is 0.722. The Hall–Kier alpha value is 1.82. The summed E-state index contributed by atoms with van der Waals surface area (Å²) in [6.45, 7) is 0. The van der Waals surface area contributed by atoms with Crippen LogP contribution in [0.15, 0.2) is 0 Å². The van der Waals surface area contributed by atoms with E-state index in [0.29, 0.717) is 0 Å². The van der Waals surface area contributed by atoms with Crippen molar-refractivity contribution in [3.63, 3.8) is 0 Å². The van der Waals surface area contributed by atoms with E-state index in [-0.39, 0.29) is 57.6 Å². The molecule has 0 atom stereocenters. The smallest absolute Gasteiger partial charge is 1.00 e. The van der Waals surface area contributed by atoms with Gasteiger partial charge in [-0.2, -0.15) is 0 Å². The van der Waals surface area contributed by atoms with Gasteiger partial charge in [-0.3, -0.25) is 0 Å². The molecular formula is H5Li2MnO4P. The van der Waals surface area contributed by atoms with Crippen LogP contribution in [0.3, 0.4) is 0 Å². The van der Waals surface area contributed by atoms with E-state index in [1.807, 2.05) is 0 Å². The van der Waals surface area contributed by atoms with E-state index < -0.39 is 7.82 Å². The fourth-order valence-electron chi connectivity index (χ4n) is 0. The molecule has 8 heavy (non-hydrogen) atoms. The zero-order chi connectivity index (χ0) is 4.50. The SMILES string of the molecule is O=P(O)(O)O.[H-].[H-].[Li+].[Li+].[Mn]. The third-order valence-electron chi connectivity index (χ3n) is 0. The molecule has 0 saturated heterocycles. The van der Waals surface area contributed by atoms with Gasteiger partial charge in [0.2, 0.25) is 0 Å². The molecule has 0 aromatic heterocycles. The van der Waals surface area contributed by atoms with Crippen LogP contribution in [0.4, 0.5) is 0 Å². The summed E-state index contributed by atoms with van der Waals surface area (Å²) in [5, 5.41) is 0. The molecule has 0 unspecified atom stereocenters. The van der Waals surface area contributed by atoms with Gasteiger partial charge in [0.25, 0.3) is 0 Å². The Morgan fingerprint density at radius 2 is 1.12 bits per heavy atom. The molecule has 0 spiro atoms. The van der Waals surface area contributed by atoms with E-state index in [0.717, 1.165) is 0 Å². The van der Waals surface area contributed by atoms with Crippen LogP contribution in [-0.4, -0.2) is 14.7 Å². The molecule has 0 saturated carbocycles. The largest absolute Gasteiger partial charge is 1.00 e. The number of hydrogen-bond acceptors (Lipinski definition) is 1. The molecule has 0 aliphatic rings. The summed E-state index contributed by atoms with van der Waals surface area (Å²) in [4.78, 5) is 21.6. The maximum atomic E-state index is 8.88. The van der Waals surface area contributed by atoms with E-state index in [1.165, 1.54) is 0 Å². The number of phosphoric acid groups is 1. The Kier molecular flexibility index (Phi) is 24.9. The minimum atomic E-state index is -4.64. The molecule has 1 radical (unpaired) electrons. The normalized spacial score (nSPS) is 7.38. The van der Waals surface area contributed by atoms with Gasteiger partial charge in [-0.25, -0.2) is 4.57 Å². The van der Waals surface area contributed by atoms with Gasteiger partial charge in [0.1, 0.15) is 0 Å². The molecule has 0 heterocycles. The van der Waals surface area contributed by atoms with Gasteiger partial charge in [0, 0.05) is 17.1 Å². The molecule has 0 aromatic rings. The Bertz CT molecular complexity index is 67.4. The topological polar surface area (TPSA) is 77.8 Å². The van der Waals surface area contributed by atoms with Crippen molar-refractivity contribution in [2.45, 2.75) is 0 Å². The second-order valence-electron chi connectivity index (χ2n) is 0.513. The van der Waals surface area contributed by atoms with Crippen LogP contribution in [0.2, 0.25) is 0 Å². The summed E-state index contributed by atoms with van der Waals surface area (Å²) in [7, 11) is -4.64. The van der Waals surface area contributed by atoms with Crippen LogP contribution in [0.25, 0.3) is 0 Å². The van der Waals surface area contributed by atoms with Gasteiger partial charge in [-0.15, -0.1) is 0 Å². The molecular weight excluding hydrogens is 164 g/mol. The molecule has 0 fully saturated rings. The van der Waals surface area contributed by atoms with Gasteiger partial charge < -0.3 is 17.5 Å². The predicted molar refractivity (Wildman–Crippen MR) is 16.5 cm³/mol. The minimum absolute atomic E-state index is 0. The zero-order valence-electron chi connectivity index (χ0n) is 6.58. The maximum Gasteiger partial charge on any atom is 1.00 e. The van der Waals surface area contributed by atoms with Crippen LogP contribution < -0.4 is 37.7 Å². The Morgan fingerprint density at radius 3 is 1.12 bits per heavy atom. The minimum Gasteiger partial charge on any atom is -1.00 e. The first kappa shape index (κ1) is 22.6. The third kappa shape index (κ3) is 109. The molecule has 0 bridgehead atoms. The second kappa shape index (κ2) is 8.82. The van der Waals surface area contributed by atoms with E-state index in [2.05, 4.69) is 0 Å². The summed E-state index contributed by atoms with van der Waals surface area (Å²) in [6, 6.07) is 0. The van der Waals surface area contributed by atoms with Crippen molar-refractivity contribution in [1.82, 2.24) is 0 Å². The predicted octanol–water partition coefficient (Wildman–Crippen LogP) is -6.70. The van der Waals surface area contributed by atoms with Crippen molar-refractivity contribution in [1.29, 1.82) is 0 Å². The van der Waals surface area contributed by atoms with Gasteiger partial charge in [0.15, 0.2) is 0 Å². The van der Waals surface area contributed by atoms with Crippen LogP contribution in [0, 0.1) is 0 Å². The zero-order valence-corrected chi connectivity index (χ0v) is 6.65. The molecule has 0 aliphatic heterocycles. The standard InChI is InChI=1S/2Li.Mn.H3O4P.2H/c;;;1-5(2,3)4;;/h;;;(H3,1,2,3,4);;/q2*+1;;;2*-1. The summed E-state index contributed by atoms with van der Waals surface area (Å²) in [5.41, 5.74) is 0. The van der Waals surface area contributed by atoms with Crippen LogP contribution in [0.1, 0.15) is 2.85 Å². The Morgan fingerprint density at radius 1 is 1.12 bits per heavy atom. The Labute approximate surface area is 84.5 Å². The molecule has 43 valence electrons. The molecule has 0 aliphatic carbocycles. The first-order valence-electron chi connectivity index (χ1n) is 0.783. The van der Waals surface area contributed by atoms with Crippen molar-refractivity contribution >= 4 is 7.82 Å². The van der Waals surface area contributed by atoms with Crippen LogP contribution in [-0.2, 0) is 21.6 Å². The van der Waals surface area contributed by atoms with Crippen molar-refractivity contribution in [3.05, 3.63) is 0 Å². The van der Waals surface area contributed by atoms with Gasteiger partial charge in [0.05, 0.1) is 0 Å². The van der Waals surface area contributed by atoms with Crippen molar-refractivity contribution < 1.29 is 76.9 Å². The van der Waals surface area contributed by atoms with Crippen LogP contribution in [0.5, 0.6) is 0 Å². The molecule has 8 heteroatoms. The van der Waals surface area contributed by atoms with Crippen molar-refractivity contribution in [2.24, 2.45) is 0 Å². The van der Waals surface area contributed by atoms with Gasteiger partial charge >= 0.3 is 45.5 Å². The first-order chi connectivity index (χ1) is 2.00.